The van der Waals surface area contributed by atoms with E-state index < -0.39 is 6.69 Å². The molecule has 0 radical (unpaired) electrons. The van der Waals surface area contributed by atoms with Crippen molar-refractivity contribution in [3.63, 3.8) is 0 Å². The number of rotatable bonds is 3. The van der Waals surface area contributed by atoms with E-state index in [1.807, 2.05) is 0 Å². The monoisotopic (exact) mass is 272 g/mol. The summed E-state index contributed by atoms with van der Waals surface area (Å²) in [6, 6.07) is 0. The van der Waals surface area contributed by atoms with Crippen LogP contribution in [0.5, 0.6) is 0 Å². The molecular weight excluding hydrogens is 252 g/mol. The quantitative estimate of drug-likeness (QED) is 0.509. The lowest BCUT2D eigenvalue weighted by Gasteiger charge is -2.14. The smallest absolute Gasteiger partial charge is 0.110 e. The molecule has 0 heterocycles. The third-order valence-corrected chi connectivity index (χ3v) is 6.65. The molecular formula is C12H21BrSi. The third kappa shape index (κ3) is 6.38. The first-order valence-corrected chi connectivity index (χ1v) is 9.41. The van der Waals surface area contributed by atoms with Gasteiger partial charge >= 0.3 is 0 Å². The van der Waals surface area contributed by atoms with Gasteiger partial charge in [0.1, 0.15) is 0 Å². The maximum Gasteiger partial charge on any atom is 0.200 e. The van der Waals surface area contributed by atoms with Crippen molar-refractivity contribution in [2.45, 2.75) is 41.5 Å². The lowest BCUT2D eigenvalue weighted by Crippen LogP contribution is -2.19. The van der Waals surface area contributed by atoms with Crippen LogP contribution in [0.15, 0.2) is 33.8 Å². The SMILES string of the molecule is CC(C)=C[Si](Br)(C=C(C)C)C=C(C)C. The second-order valence-electron chi connectivity index (χ2n) is 4.49. The Morgan fingerprint density at radius 3 is 1.07 bits per heavy atom. The minimum Gasteiger partial charge on any atom is -0.110 e. The van der Waals surface area contributed by atoms with Gasteiger partial charge in [-0.25, -0.2) is 0 Å². The first-order valence-electron chi connectivity index (χ1n) is 4.92. The summed E-state index contributed by atoms with van der Waals surface area (Å²) in [5.41, 5.74) is 11.2. The molecule has 0 fully saturated rings. The fourth-order valence-corrected chi connectivity index (χ4v) is 8.48. The van der Waals surface area contributed by atoms with Crippen LogP contribution in [0.2, 0.25) is 0 Å². The summed E-state index contributed by atoms with van der Waals surface area (Å²) in [7, 11) is 0. The van der Waals surface area contributed by atoms with Crippen LogP contribution in [0, 0.1) is 0 Å². The molecule has 80 valence electrons. The Morgan fingerprint density at radius 2 is 0.929 bits per heavy atom. The van der Waals surface area contributed by atoms with Crippen LogP contribution in [-0.4, -0.2) is 6.69 Å². The van der Waals surface area contributed by atoms with Gasteiger partial charge in [-0.15, -0.1) is 15.3 Å². The van der Waals surface area contributed by atoms with Gasteiger partial charge in [0, 0.05) is 0 Å². The summed E-state index contributed by atoms with van der Waals surface area (Å²) in [6.07, 6.45) is 0. The summed E-state index contributed by atoms with van der Waals surface area (Å²) < 4.78 is 0. The average Bonchev–Trinajstić information content (AvgIpc) is 1.76. The predicted molar refractivity (Wildman–Crippen MR) is 73.0 cm³/mol. The maximum absolute atomic E-state index is 3.90. The molecule has 0 unspecified atom stereocenters. The highest BCUT2D eigenvalue weighted by Gasteiger charge is 2.20. The zero-order valence-corrected chi connectivity index (χ0v) is 12.7. The molecule has 0 aromatic carbocycles. The van der Waals surface area contributed by atoms with E-state index in [1.165, 1.54) is 16.7 Å². The van der Waals surface area contributed by atoms with E-state index in [4.69, 9.17) is 0 Å². The fourth-order valence-electron chi connectivity index (χ4n) is 1.45. The Kier molecular flexibility index (Phi) is 5.68. The van der Waals surface area contributed by atoms with Crippen LogP contribution in [-0.2, 0) is 0 Å². The Morgan fingerprint density at radius 1 is 0.714 bits per heavy atom. The van der Waals surface area contributed by atoms with Gasteiger partial charge < -0.3 is 0 Å². The van der Waals surface area contributed by atoms with E-state index in [2.05, 4.69) is 73.9 Å². The molecule has 0 aromatic heterocycles. The largest absolute Gasteiger partial charge is 0.200 e. The Labute approximate surface area is 97.4 Å². The van der Waals surface area contributed by atoms with Crippen LogP contribution >= 0.6 is 15.3 Å². The summed E-state index contributed by atoms with van der Waals surface area (Å²) in [6.45, 7) is 11.3. The van der Waals surface area contributed by atoms with E-state index in [-0.39, 0.29) is 0 Å². The van der Waals surface area contributed by atoms with Crippen LogP contribution in [0.25, 0.3) is 0 Å². The number of allylic oxidation sites excluding steroid dienone is 3. The molecule has 0 amide bonds. The van der Waals surface area contributed by atoms with Crippen LogP contribution in [0.1, 0.15) is 41.5 Å². The Balaban J connectivity index is 5.17. The van der Waals surface area contributed by atoms with Crippen molar-refractivity contribution < 1.29 is 0 Å². The van der Waals surface area contributed by atoms with Gasteiger partial charge in [-0.05, 0) is 41.5 Å². The van der Waals surface area contributed by atoms with Crippen molar-refractivity contribution in [2.75, 3.05) is 0 Å². The molecule has 14 heavy (non-hydrogen) atoms. The highest BCUT2D eigenvalue weighted by atomic mass is 79.9. The zero-order chi connectivity index (χ0) is 11.4. The molecule has 0 spiro atoms. The summed E-state index contributed by atoms with van der Waals surface area (Å²) in [5.74, 6) is 0. The second-order valence-corrected chi connectivity index (χ2v) is 11.1. The molecule has 0 nitrogen and oxygen atoms in total. The Hall–Kier alpha value is -0.0831. The van der Waals surface area contributed by atoms with Gasteiger partial charge in [0.15, 0.2) is 6.69 Å². The second kappa shape index (κ2) is 5.71. The van der Waals surface area contributed by atoms with Crippen molar-refractivity contribution in [3.8, 4) is 0 Å². The molecule has 0 aromatic rings. The van der Waals surface area contributed by atoms with Crippen LogP contribution in [0.4, 0.5) is 0 Å². The molecule has 0 N–H and O–H groups in total. The minimum atomic E-state index is -1.61. The fraction of sp³-hybridized carbons (Fsp3) is 0.500. The van der Waals surface area contributed by atoms with E-state index >= 15 is 0 Å². The lowest BCUT2D eigenvalue weighted by atomic mass is 10.4. The summed E-state index contributed by atoms with van der Waals surface area (Å²) in [4.78, 5) is 0. The standard InChI is InChI=1S/C12H21BrSi/c1-10(2)7-14(13,8-11(3)4)9-12(5)6/h7-9H,1-6H3. The molecule has 2 heteroatoms. The minimum absolute atomic E-state index is 1.38. The van der Waals surface area contributed by atoms with Crippen LogP contribution in [0.3, 0.4) is 0 Å². The predicted octanol–water partition coefficient (Wildman–Crippen LogP) is 4.84. The number of hydrogen-bond donors (Lipinski definition) is 0. The van der Waals surface area contributed by atoms with E-state index in [9.17, 15) is 0 Å². The van der Waals surface area contributed by atoms with Crippen molar-refractivity contribution >= 4 is 22.0 Å². The van der Waals surface area contributed by atoms with Crippen molar-refractivity contribution in [2.24, 2.45) is 0 Å². The first-order chi connectivity index (χ1) is 6.25. The third-order valence-electron chi connectivity index (χ3n) is 1.53. The van der Waals surface area contributed by atoms with Gasteiger partial charge in [-0.1, -0.05) is 33.8 Å². The van der Waals surface area contributed by atoms with Crippen molar-refractivity contribution in [3.05, 3.63) is 33.8 Å². The molecule has 0 saturated heterocycles. The molecule has 0 aliphatic carbocycles. The average molecular weight is 273 g/mol. The highest BCUT2D eigenvalue weighted by Crippen LogP contribution is 2.22. The summed E-state index contributed by atoms with van der Waals surface area (Å²) in [5, 5.41) is 0. The van der Waals surface area contributed by atoms with E-state index in [0.29, 0.717) is 0 Å². The molecule has 0 aliphatic rings. The molecule has 0 bridgehead atoms. The topological polar surface area (TPSA) is 0 Å². The number of hydrogen-bond acceptors (Lipinski definition) is 0. The van der Waals surface area contributed by atoms with Gasteiger partial charge in [0.25, 0.3) is 0 Å². The highest BCUT2D eigenvalue weighted by molar-refractivity contribution is 9.26. The van der Waals surface area contributed by atoms with E-state index in [0.717, 1.165) is 0 Å². The summed E-state index contributed by atoms with van der Waals surface area (Å²) >= 11 is 3.90. The first kappa shape index (κ1) is 13.9. The van der Waals surface area contributed by atoms with Gasteiger partial charge in [-0.2, -0.15) is 0 Å². The van der Waals surface area contributed by atoms with Crippen molar-refractivity contribution in [1.29, 1.82) is 0 Å². The van der Waals surface area contributed by atoms with E-state index in [1.54, 1.807) is 0 Å². The number of halogens is 1. The molecule has 0 saturated carbocycles. The Bertz CT molecular complexity index is 227. The normalized spacial score (nSPS) is 10.5. The molecule has 0 aliphatic heterocycles. The lowest BCUT2D eigenvalue weighted by molar-refractivity contribution is 1.38. The van der Waals surface area contributed by atoms with Crippen molar-refractivity contribution in [1.82, 2.24) is 0 Å². The molecule has 0 rings (SSSR count). The zero-order valence-electron chi connectivity index (χ0n) is 10.1. The van der Waals surface area contributed by atoms with Gasteiger partial charge in [0.2, 0.25) is 0 Å². The molecule has 0 atom stereocenters. The van der Waals surface area contributed by atoms with Gasteiger partial charge in [0.05, 0.1) is 0 Å². The maximum atomic E-state index is 3.90. The van der Waals surface area contributed by atoms with Gasteiger partial charge in [-0.3, -0.25) is 0 Å². The van der Waals surface area contributed by atoms with Crippen LogP contribution < -0.4 is 0 Å².